The number of benzene rings is 2. The first-order valence-corrected chi connectivity index (χ1v) is 19.5. The smallest absolute Gasteiger partial charge is 0.407 e. The second kappa shape index (κ2) is 16.9. The predicted octanol–water partition coefficient (Wildman–Crippen LogP) is 3.79. The number of nitrogens with one attached hydrogen (secondary N) is 4. The highest BCUT2D eigenvalue weighted by molar-refractivity contribution is 6.24. The zero-order chi connectivity index (χ0) is 41.1. The fraction of sp³-hybridized carbons (Fsp3) is 0.415. The molecule has 1 saturated carbocycles. The molecule has 0 radical (unpaired) electrons. The molecule has 2 aromatic carbocycles. The van der Waals surface area contributed by atoms with Gasteiger partial charge in [0.1, 0.15) is 30.3 Å². The van der Waals surface area contributed by atoms with Crippen molar-refractivity contribution >= 4 is 64.5 Å². The molecule has 4 N–H and O–H groups in total. The Balaban J connectivity index is 0.865. The number of alkyl carbamates (subject to hydrolysis) is 1. The Morgan fingerprint density at radius 1 is 0.931 bits per heavy atom. The standard InChI is InChI=1S/C41H46N8O9/c1-23-38(53)47(2)29-15-17-32(45-35(29)48(23)26-10-4-5-11-26)44-28-14-13-24(21-31(28)57-3)36(51)42-19-6-7-20-43-41(56)58-22-25-9-8-12-27-34(25)40(55)49(39(27)54)30-16-18-33(50)46-37(30)52/h8-9,12-15,17,21,23,26,30H,4-7,10-11,16,18-20,22H2,1-3H3,(H,42,51)(H,43,56)(H,44,45)(H,46,50,52)/t23-,30?/m1/s1. The van der Waals surface area contributed by atoms with Crippen molar-refractivity contribution in [3.63, 3.8) is 0 Å². The van der Waals surface area contributed by atoms with E-state index in [9.17, 15) is 33.6 Å². The van der Waals surface area contributed by atoms with Gasteiger partial charge in [-0.2, -0.15) is 0 Å². The van der Waals surface area contributed by atoms with E-state index in [4.69, 9.17) is 14.5 Å². The molecule has 0 bridgehead atoms. The van der Waals surface area contributed by atoms with Crippen LogP contribution in [0.4, 0.5) is 27.8 Å². The summed E-state index contributed by atoms with van der Waals surface area (Å²) >= 11 is 0. The van der Waals surface area contributed by atoms with Crippen LogP contribution in [0.5, 0.6) is 5.75 Å². The summed E-state index contributed by atoms with van der Waals surface area (Å²) in [5, 5.41) is 11.0. The summed E-state index contributed by atoms with van der Waals surface area (Å²) in [4.78, 5) is 98.4. The van der Waals surface area contributed by atoms with Crippen molar-refractivity contribution < 1.29 is 43.0 Å². The van der Waals surface area contributed by atoms with Gasteiger partial charge in [0.15, 0.2) is 5.82 Å². The Labute approximate surface area is 334 Å². The minimum atomic E-state index is -1.10. The van der Waals surface area contributed by atoms with Crippen molar-refractivity contribution in [1.82, 2.24) is 25.8 Å². The van der Waals surface area contributed by atoms with Gasteiger partial charge in [-0.25, -0.2) is 9.78 Å². The Hall–Kier alpha value is -6.52. The molecule has 4 heterocycles. The molecule has 2 atom stereocenters. The number of nitrogens with zero attached hydrogens (tertiary/aromatic N) is 4. The van der Waals surface area contributed by atoms with Gasteiger partial charge in [0, 0.05) is 43.7 Å². The lowest BCUT2D eigenvalue weighted by molar-refractivity contribution is -0.136. The Morgan fingerprint density at radius 3 is 2.43 bits per heavy atom. The molecule has 1 aliphatic carbocycles. The molecule has 7 amide bonds. The zero-order valence-corrected chi connectivity index (χ0v) is 32.6. The monoisotopic (exact) mass is 794 g/mol. The van der Waals surface area contributed by atoms with Crippen molar-refractivity contribution in [1.29, 1.82) is 0 Å². The number of hydrogen-bond donors (Lipinski definition) is 4. The average molecular weight is 795 g/mol. The molecule has 17 nitrogen and oxygen atoms in total. The third-order valence-electron chi connectivity index (χ3n) is 11.1. The highest BCUT2D eigenvalue weighted by Gasteiger charge is 2.45. The number of likely N-dealkylation sites (N-methyl/N-ethyl adjacent to an activating group) is 1. The summed E-state index contributed by atoms with van der Waals surface area (Å²) in [6.45, 7) is 2.25. The van der Waals surface area contributed by atoms with E-state index < -0.39 is 35.8 Å². The van der Waals surface area contributed by atoms with Gasteiger partial charge in [0.25, 0.3) is 17.7 Å². The van der Waals surface area contributed by atoms with E-state index in [1.54, 1.807) is 42.3 Å². The first-order valence-electron chi connectivity index (χ1n) is 19.5. The normalized spacial score (nSPS) is 19.2. The number of amides is 7. The lowest BCUT2D eigenvalue weighted by Crippen LogP contribution is -2.54. The number of aromatic nitrogens is 1. The number of piperidine rings is 1. The number of carbonyl (C=O) groups excluding carboxylic acids is 7. The number of ether oxygens (including phenoxy) is 2. The van der Waals surface area contributed by atoms with Crippen LogP contribution in [0.2, 0.25) is 0 Å². The molecule has 1 aromatic heterocycles. The summed E-state index contributed by atoms with van der Waals surface area (Å²) in [5.41, 5.74) is 2.26. The van der Waals surface area contributed by atoms with Crippen LogP contribution in [0.1, 0.15) is 94.9 Å². The van der Waals surface area contributed by atoms with Crippen molar-refractivity contribution in [3.8, 4) is 5.75 Å². The van der Waals surface area contributed by atoms with Crippen LogP contribution in [0.15, 0.2) is 48.5 Å². The number of imide groups is 2. The maximum Gasteiger partial charge on any atom is 0.407 e. The lowest BCUT2D eigenvalue weighted by atomic mass is 10.0. The molecular weight excluding hydrogens is 748 g/mol. The molecule has 3 aromatic rings. The highest BCUT2D eigenvalue weighted by atomic mass is 16.5. The van der Waals surface area contributed by atoms with Crippen LogP contribution in [0.25, 0.3) is 0 Å². The fourth-order valence-corrected chi connectivity index (χ4v) is 8.05. The summed E-state index contributed by atoms with van der Waals surface area (Å²) < 4.78 is 10.9. The SMILES string of the molecule is COc1cc(C(=O)NCCCCNC(=O)OCc2cccc3c2C(=O)N(C2CCC(=O)NC2=O)C3=O)ccc1Nc1ccc2c(n1)N(C1CCCC1)[C@H](C)C(=O)N2C. The number of rotatable bonds is 13. The molecule has 3 aliphatic heterocycles. The van der Waals surface area contributed by atoms with Crippen LogP contribution in [0, 0.1) is 0 Å². The van der Waals surface area contributed by atoms with Gasteiger partial charge in [-0.1, -0.05) is 25.0 Å². The number of unbranched alkanes of at least 4 members (excludes halogenated alkanes) is 1. The van der Waals surface area contributed by atoms with Gasteiger partial charge in [-0.15, -0.1) is 0 Å². The maximum atomic E-state index is 13.3. The molecule has 304 valence electrons. The number of hydrogen-bond acceptors (Lipinski definition) is 12. The molecule has 2 fully saturated rings. The topological polar surface area (TPSA) is 209 Å². The minimum Gasteiger partial charge on any atom is -0.495 e. The third kappa shape index (κ3) is 7.88. The van der Waals surface area contributed by atoms with Crippen LogP contribution in [0.3, 0.4) is 0 Å². The second-order valence-electron chi connectivity index (χ2n) is 14.8. The van der Waals surface area contributed by atoms with E-state index in [2.05, 4.69) is 26.2 Å². The maximum absolute atomic E-state index is 13.3. The fourth-order valence-electron chi connectivity index (χ4n) is 8.05. The van der Waals surface area contributed by atoms with Crippen molar-refractivity contribution in [2.75, 3.05) is 42.4 Å². The molecule has 7 rings (SSSR count). The van der Waals surface area contributed by atoms with E-state index >= 15 is 0 Å². The first-order chi connectivity index (χ1) is 28.0. The Morgan fingerprint density at radius 2 is 1.69 bits per heavy atom. The van der Waals surface area contributed by atoms with Crippen LogP contribution >= 0.6 is 0 Å². The van der Waals surface area contributed by atoms with E-state index in [-0.39, 0.29) is 61.0 Å². The van der Waals surface area contributed by atoms with Gasteiger partial charge in [0.05, 0.1) is 29.6 Å². The van der Waals surface area contributed by atoms with Gasteiger partial charge in [-0.3, -0.25) is 39.0 Å². The van der Waals surface area contributed by atoms with Gasteiger partial charge < -0.3 is 35.2 Å². The average Bonchev–Trinajstić information content (AvgIpc) is 3.84. The molecular formula is C41H46N8O9. The van der Waals surface area contributed by atoms with Gasteiger partial charge in [-0.05, 0) is 75.4 Å². The molecule has 58 heavy (non-hydrogen) atoms. The molecule has 4 aliphatic rings. The van der Waals surface area contributed by atoms with Gasteiger partial charge in [0.2, 0.25) is 17.7 Å². The molecule has 17 heteroatoms. The van der Waals surface area contributed by atoms with E-state index in [1.165, 1.54) is 13.2 Å². The van der Waals surface area contributed by atoms with E-state index in [1.807, 2.05) is 19.1 Å². The van der Waals surface area contributed by atoms with Crippen molar-refractivity contribution in [2.45, 2.75) is 83.0 Å². The number of pyridine rings is 1. The largest absolute Gasteiger partial charge is 0.495 e. The minimum absolute atomic E-state index is 0.00699. The first kappa shape index (κ1) is 39.7. The Kier molecular flexibility index (Phi) is 11.6. The van der Waals surface area contributed by atoms with Gasteiger partial charge >= 0.3 is 6.09 Å². The number of anilines is 4. The number of methoxy groups -OCH3 is 1. The zero-order valence-electron chi connectivity index (χ0n) is 32.6. The second-order valence-corrected chi connectivity index (χ2v) is 14.8. The van der Waals surface area contributed by atoms with E-state index in [0.717, 1.165) is 42.1 Å². The summed E-state index contributed by atoms with van der Waals surface area (Å²) in [6, 6.07) is 12.2. The van der Waals surface area contributed by atoms with Crippen LogP contribution in [-0.4, -0.2) is 96.8 Å². The third-order valence-corrected chi connectivity index (χ3v) is 11.1. The number of carbonyl (C=O) groups is 7. The van der Waals surface area contributed by atoms with Crippen molar-refractivity contribution in [2.24, 2.45) is 0 Å². The summed E-state index contributed by atoms with van der Waals surface area (Å²) in [6.07, 6.45) is 4.71. The quantitative estimate of drug-likeness (QED) is 0.144. The van der Waals surface area contributed by atoms with Crippen LogP contribution in [-0.2, 0) is 25.7 Å². The molecule has 1 saturated heterocycles. The molecule has 0 spiro atoms. The summed E-state index contributed by atoms with van der Waals surface area (Å²) in [7, 11) is 3.30. The number of fused-ring (bicyclic) bond motifs is 2. The Bertz CT molecular complexity index is 2170. The summed E-state index contributed by atoms with van der Waals surface area (Å²) in [5.74, 6) is -0.949. The molecule has 1 unspecified atom stereocenters. The van der Waals surface area contributed by atoms with E-state index in [0.29, 0.717) is 47.8 Å². The van der Waals surface area contributed by atoms with Crippen molar-refractivity contribution in [3.05, 3.63) is 70.8 Å². The highest BCUT2D eigenvalue weighted by Crippen LogP contribution is 2.40. The van der Waals surface area contributed by atoms with Crippen LogP contribution < -0.4 is 35.8 Å². The lowest BCUT2D eigenvalue weighted by Gasteiger charge is -2.42. The predicted molar refractivity (Wildman–Crippen MR) is 211 cm³/mol.